The van der Waals surface area contributed by atoms with Gasteiger partial charge in [-0.15, -0.1) is 11.3 Å². The van der Waals surface area contributed by atoms with E-state index in [9.17, 15) is 4.79 Å². The number of carbonyl (C=O) groups is 1. The number of nitrogens with one attached hydrogen (secondary N) is 1. The molecule has 6 nitrogen and oxygen atoms in total. The second-order valence-electron chi connectivity index (χ2n) is 5.10. The van der Waals surface area contributed by atoms with Gasteiger partial charge in [0.15, 0.2) is 10.9 Å². The Kier molecular flexibility index (Phi) is 5.25. The number of carbonyl (C=O) groups excluding carboxylic acids is 1. The Bertz CT molecular complexity index is 890. The van der Waals surface area contributed by atoms with Crippen LogP contribution in [-0.4, -0.2) is 18.0 Å². The van der Waals surface area contributed by atoms with Gasteiger partial charge in [-0.05, 0) is 31.2 Å². The third-order valence-corrected chi connectivity index (χ3v) is 4.42. The van der Waals surface area contributed by atoms with E-state index in [0.717, 1.165) is 5.69 Å². The van der Waals surface area contributed by atoms with Crippen molar-refractivity contribution in [2.45, 2.75) is 13.5 Å². The van der Waals surface area contributed by atoms with Gasteiger partial charge in [0.1, 0.15) is 23.9 Å². The van der Waals surface area contributed by atoms with Gasteiger partial charge >= 0.3 is 0 Å². The molecule has 1 N–H and O–H groups in total. The zero-order valence-electron chi connectivity index (χ0n) is 13.5. The number of benzene rings is 1. The Hall–Kier alpha value is -2.51. The van der Waals surface area contributed by atoms with Crippen molar-refractivity contribution >= 4 is 34.0 Å². The normalized spacial score (nSPS) is 10.5. The molecule has 0 radical (unpaired) electrons. The lowest BCUT2D eigenvalue weighted by molar-refractivity contribution is 0.0992. The molecule has 0 saturated carbocycles. The summed E-state index contributed by atoms with van der Waals surface area (Å²) in [5.74, 6) is 1.43. The first-order valence-electron chi connectivity index (χ1n) is 7.33. The molecule has 0 fully saturated rings. The van der Waals surface area contributed by atoms with Crippen molar-refractivity contribution in [3.8, 4) is 11.5 Å². The van der Waals surface area contributed by atoms with Gasteiger partial charge in [0.2, 0.25) is 0 Å². The molecule has 3 aromatic rings. The predicted molar refractivity (Wildman–Crippen MR) is 95.8 cm³/mol. The van der Waals surface area contributed by atoms with Gasteiger partial charge < -0.3 is 13.9 Å². The van der Waals surface area contributed by atoms with Crippen LogP contribution in [0.2, 0.25) is 5.02 Å². The van der Waals surface area contributed by atoms with E-state index in [1.807, 2.05) is 12.3 Å². The smallest absolute Gasteiger partial charge is 0.293 e. The number of aryl methyl sites for hydroxylation is 1. The summed E-state index contributed by atoms with van der Waals surface area (Å²) < 4.78 is 16.3. The summed E-state index contributed by atoms with van der Waals surface area (Å²) >= 11 is 7.44. The average Bonchev–Trinajstić information content (AvgIpc) is 3.23. The van der Waals surface area contributed by atoms with Crippen LogP contribution in [0, 0.1) is 6.92 Å². The van der Waals surface area contributed by atoms with Crippen molar-refractivity contribution in [3.05, 3.63) is 57.9 Å². The topological polar surface area (TPSA) is 73.6 Å². The minimum atomic E-state index is -0.361. The second kappa shape index (κ2) is 7.58. The fraction of sp³-hybridized carbons (Fsp3) is 0.176. The minimum Gasteiger partial charge on any atom is -0.497 e. The molecule has 25 heavy (non-hydrogen) atoms. The number of anilines is 1. The van der Waals surface area contributed by atoms with E-state index in [1.54, 1.807) is 37.4 Å². The summed E-state index contributed by atoms with van der Waals surface area (Å²) in [6.07, 6.45) is 0. The predicted octanol–water partition coefficient (Wildman–Crippen LogP) is 4.54. The molecular formula is C17H15ClN2O4S. The fourth-order valence-electron chi connectivity index (χ4n) is 2.02. The lowest BCUT2D eigenvalue weighted by atomic mass is 10.3. The fourth-order valence-corrected chi connectivity index (χ4v) is 2.87. The van der Waals surface area contributed by atoms with Crippen molar-refractivity contribution in [2.75, 3.05) is 12.4 Å². The van der Waals surface area contributed by atoms with E-state index in [-0.39, 0.29) is 18.3 Å². The molecule has 8 heteroatoms. The van der Waals surface area contributed by atoms with Gasteiger partial charge in [0, 0.05) is 11.4 Å². The van der Waals surface area contributed by atoms with E-state index in [2.05, 4.69) is 10.3 Å². The lowest BCUT2D eigenvalue weighted by Gasteiger charge is -2.08. The Morgan fingerprint density at radius 2 is 2.20 bits per heavy atom. The first-order valence-corrected chi connectivity index (χ1v) is 8.59. The van der Waals surface area contributed by atoms with Crippen molar-refractivity contribution in [3.63, 3.8) is 0 Å². The number of hydrogen-bond acceptors (Lipinski definition) is 6. The molecule has 3 rings (SSSR count). The minimum absolute atomic E-state index is 0.135. The summed E-state index contributed by atoms with van der Waals surface area (Å²) in [5.41, 5.74) is 0.851. The molecule has 0 aliphatic heterocycles. The molecule has 0 spiro atoms. The summed E-state index contributed by atoms with van der Waals surface area (Å²) in [6, 6.07) is 8.37. The molecule has 0 unspecified atom stereocenters. The van der Waals surface area contributed by atoms with E-state index >= 15 is 0 Å². The number of rotatable bonds is 6. The summed E-state index contributed by atoms with van der Waals surface area (Å²) in [6.45, 7) is 1.99. The molecule has 0 bridgehead atoms. The quantitative estimate of drug-likeness (QED) is 0.681. The van der Waals surface area contributed by atoms with Gasteiger partial charge in [0.25, 0.3) is 5.91 Å². The van der Waals surface area contributed by atoms with Crippen molar-refractivity contribution in [2.24, 2.45) is 0 Å². The number of methoxy groups -OCH3 is 1. The number of halogens is 1. The van der Waals surface area contributed by atoms with Crippen LogP contribution >= 0.6 is 22.9 Å². The van der Waals surface area contributed by atoms with Crippen molar-refractivity contribution in [1.29, 1.82) is 0 Å². The molecule has 0 saturated heterocycles. The Labute approximate surface area is 153 Å². The van der Waals surface area contributed by atoms with Crippen molar-refractivity contribution in [1.82, 2.24) is 4.98 Å². The highest BCUT2D eigenvalue weighted by Crippen LogP contribution is 2.29. The van der Waals surface area contributed by atoms with Crippen LogP contribution in [0.3, 0.4) is 0 Å². The monoisotopic (exact) mass is 378 g/mol. The molecule has 0 aliphatic carbocycles. The van der Waals surface area contributed by atoms with E-state index in [1.165, 1.54) is 11.3 Å². The summed E-state index contributed by atoms with van der Waals surface area (Å²) in [4.78, 5) is 16.3. The molecule has 2 aromatic heterocycles. The Morgan fingerprint density at radius 1 is 1.36 bits per heavy atom. The van der Waals surface area contributed by atoms with Crippen LogP contribution in [0.4, 0.5) is 5.13 Å². The highest BCUT2D eigenvalue weighted by atomic mass is 35.5. The van der Waals surface area contributed by atoms with Crippen LogP contribution in [0.25, 0.3) is 0 Å². The highest BCUT2D eigenvalue weighted by molar-refractivity contribution is 7.13. The average molecular weight is 379 g/mol. The van der Waals surface area contributed by atoms with Crippen LogP contribution < -0.4 is 14.8 Å². The van der Waals surface area contributed by atoms with Crippen LogP contribution in [0.5, 0.6) is 11.5 Å². The maximum atomic E-state index is 12.1. The number of thiazole rings is 1. The van der Waals surface area contributed by atoms with E-state index in [4.69, 9.17) is 25.5 Å². The van der Waals surface area contributed by atoms with Gasteiger partial charge in [0.05, 0.1) is 17.8 Å². The van der Waals surface area contributed by atoms with Gasteiger partial charge in [-0.25, -0.2) is 4.98 Å². The van der Waals surface area contributed by atoms with Crippen LogP contribution in [0.15, 0.2) is 40.1 Å². The van der Waals surface area contributed by atoms with Gasteiger partial charge in [-0.2, -0.15) is 0 Å². The van der Waals surface area contributed by atoms with Crippen LogP contribution in [0.1, 0.15) is 22.0 Å². The number of hydrogen-bond donors (Lipinski definition) is 1. The first kappa shape index (κ1) is 17.3. The molecule has 1 amide bonds. The molecule has 0 aliphatic rings. The Balaban J connectivity index is 1.62. The number of furan rings is 1. The van der Waals surface area contributed by atoms with E-state index in [0.29, 0.717) is 27.4 Å². The third kappa shape index (κ3) is 4.32. The molecule has 130 valence electrons. The van der Waals surface area contributed by atoms with E-state index < -0.39 is 0 Å². The van der Waals surface area contributed by atoms with Crippen molar-refractivity contribution < 1.29 is 18.7 Å². The number of aromatic nitrogens is 1. The maximum Gasteiger partial charge on any atom is 0.293 e. The third-order valence-electron chi connectivity index (χ3n) is 3.23. The number of amides is 1. The first-order chi connectivity index (χ1) is 12.0. The van der Waals surface area contributed by atoms with Gasteiger partial charge in [-0.1, -0.05) is 11.6 Å². The molecule has 1 aromatic carbocycles. The second-order valence-corrected chi connectivity index (χ2v) is 6.36. The standard InChI is InChI=1S/C17H15ClN2O4S/c1-10-9-25-17(19-10)20-16(21)14-6-4-12(24-14)8-23-15-7-11(22-2)3-5-13(15)18/h3-7,9H,8H2,1-2H3,(H,19,20,21). The molecular weight excluding hydrogens is 364 g/mol. The number of ether oxygens (including phenoxy) is 2. The zero-order valence-corrected chi connectivity index (χ0v) is 15.1. The zero-order chi connectivity index (χ0) is 17.8. The van der Waals surface area contributed by atoms with Crippen LogP contribution in [-0.2, 0) is 6.61 Å². The maximum absolute atomic E-state index is 12.1. The SMILES string of the molecule is COc1ccc(Cl)c(OCc2ccc(C(=O)Nc3nc(C)cs3)o2)c1. The number of nitrogens with zero attached hydrogens (tertiary/aromatic N) is 1. The lowest BCUT2D eigenvalue weighted by Crippen LogP contribution is -2.10. The molecule has 2 heterocycles. The largest absolute Gasteiger partial charge is 0.497 e. The highest BCUT2D eigenvalue weighted by Gasteiger charge is 2.14. The van der Waals surface area contributed by atoms with Gasteiger partial charge in [-0.3, -0.25) is 10.1 Å². The summed E-state index contributed by atoms with van der Waals surface area (Å²) in [7, 11) is 1.56. The Morgan fingerprint density at radius 3 is 2.92 bits per heavy atom. The summed E-state index contributed by atoms with van der Waals surface area (Å²) in [5, 5.41) is 5.53. The molecule has 0 atom stereocenters.